The highest BCUT2D eigenvalue weighted by Gasteiger charge is 2.31. The molecule has 9 nitrogen and oxygen atoms in total. The summed E-state index contributed by atoms with van der Waals surface area (Å²) < 4.78 is 17.6. The number of hydrogen-bond donors (Lipinski definition) is 2. The Morgan fingerprint density at radius 1 is 1.05 bits per heavy atom. The third-order valence-electron chi connectivity index (χ3n) is 7.79. The van der Waals surface area contributed by atoms with Gasteiger partial charge in [-0.05, 0) is 55.4 Å². The number of fused-ring (bicyclic) bond motifs is 2. The molecule has 3 aromatic carbocycles. The molecule has 0 aliphatic carbocycles. The molecule has 9 heteroatoms. The van der Waals surface area contributed by atoms with Crippen LogP contribution in [0.4, 0.5) is 5.69 Å². The molecule has 0 unspecified atom stereocenters. The maximum absolute atomic E-state index is 13.5. The quantitative estimate of drug-likeness (QED) is 0.401. The van der Waals surface area contributed by atoms with Crippen molar-refractivity contribution in [2.24, 2.45) is 5.92 Å². The van der Waals surface area contributed by atoms with Gasteiger partial charge in [-0.1, -0.05) is 43.3 Å². The predicted molar refractivity (Wildman–Crippen MR) is 160 cm³/mol. The first-order valence-electron chi connectivity index (χ1n) is 14.4. The molecule has 0 aromatic heterocycles. The van der Waals surface area contributed by atoms with Crippen LogP contribution in [0.25, 0.3) is 0 Å². The number of aliphatic hydroxyl groups is 1. The maximum Gasteiger partial charge on any atom is 0.231 e. The van der Waals surface area contributed by atoms with Gasteiger partial charge in [0.2, 0.25) is 18.6 Å². The van der Waals surface area contributed by atoms with Crippen LogP contribution in [-0.4, -0.2) is 72.4 Å². The van der Waals surface area contributed by atoms with Crippen LogP contribution < -0.4 is 19.5 Å². The van der Waals surface area contributed by atoms with E-state index in [0.29, 0.717) is 36.6 Å². The van der Waals surface area contributed by atoms with Gasteiger partial charge in [-0.25, -0.2) is 0 Å². The number of nitrogens with one attached hydrogen (secondary N) is 1. The van der Waals surface area contributed by atoms with Crippen molar-refractivity contribution < 1.29 is 28.9 Å². The number of anilines is 1. The zero-order valence-corrected chi connectivity index (χ0v) is 24.4. The second-order valence-corrected chi connectivity index (χ2v) is 11.3. The van der Waals surface area contributed by atoms with Crippen molar-refractivity contribution in [1.29, 1.82) is 0 Å². The van der Waals surface area contributed by atoms with E-state index in [2.05, 4.69) is 17.1 Å². The summed E-state index contributed by atoms with van der Waals surface area (Å²) in [6.07, 6.45) is 0.125. The van der Waals surface area contributed by atoms with E-state index in [-0.39, 0.29) is 56.1 Å². The number of carbonyl (C=O) groups excluding carboxylic acids is 2. The molecule has 42 heavy (non-hydrogen) atoms. The normalized spacial score (nSPS) is 18.9. The Balaban J connectivity index is 1.35. The Hall–Kier alpha value is -4.08. The second kappa shape index (κ2) is 13.3. The first-order valence-corrected chi connectivity index (χ1v) is 14.4. The van der Waals surface area contributed by atoms with Crippen molar-refractivity contribution in [2.75, 3.05) is 38.9 Å². The summed E-state index contributed by atoms with van der Waals surface area (Å²) >= 11 is 0. The first kappa shape index (κ1) is 29.4. The van der Waals surface area contributed by atoms with Crippen LogP contribution in [0.5, 0.6) is 17.2 Å². The lowest BCUT2D eigenvalue weighted by molar-refractivity contribution is -0.134. The van der Waals surface area contributed by atoms with Gasteiger partial charge in [-0.3, -0.25) is 14.5 Å². The van der Waals surface area contributed by atoms with Gasteiger partial charge in [0.1, 0.15) is 11.9 Å². The average Bonchev–Trinajstić information content (AvgIpc) is 3.45. The van der Waals surface area contributed by atoms with Gasteiger partial charge in [0.05, 0.1) is 25.5 Å². The Morgan fingerprint density at radius 3 is 2.60 bits per heavy atom. The number of likely N-dealkylation sites (N-methyl/N-ethyl adjacent to an activating group) is 1. The molecule has 2 amide bonds. The number of rotatable bonds is 9. The summed E-state index contributed by atoms with van der Waals surface area (Å²) in [7, 11) is 2.04. The summed E-state index contributed by atoms with van der Waals surface area (Å²) in [5.74, 6) is 1.89. The van der Waals surface area contributed by atoms with E-state index < -0.39 is 0 Å². The van der Waals surface area contributed by atoms with E-state index in [1.807, 2.05) is 80.7 Å². The standard InChI is InChI=1S/C33H39N3O6/c1-22-17-36(23(2)20-37)33(39)16-26-15-27(34-32(38)14-24-7-5-4-6-8-24)10-12-28(26)42-31(22)19-35(3)18-25-9-11-29-30(13-25)41-21-40-29/h4-13,15,22-23,31,37H,14,16-21H2,1-3H3,(H,34,38)/t22-,23+,31-/m1/s1. The molecule has 3 aromatic rings. The molecule has 0 saturated carbocycles. The van der Waals surface area contributed by atoms with E-state index in [1.165, 1.54) is 0 Å². The van der Waals surface area contributed by atoms with Gasteiger partial charge in [0.25, 0.3) is 0 Å². The van der Waals surface area contributed by atoms with E-state index in [4.69, 9.17) is 14.2 Å². The van der Waals surface area contributed by atoms with Gasteiger partial charge < -0.3 is 29.5 Å². The van der Waals surface area contributed by atoms with Gasteiger partial charge in [0, 0.05) is 36.8 Å². The van der Waals surface area contributed by atoms with Crippen LogP contribution in [-0.2, 0) is 29.0 Å². The summed E-state index contributed by atoms with van der Waals surface area (Å²) in [6, 6.07) is 20.7. The predicted octanol–water partition coefficient (Wildman–Crippen LogP) is 3.88. The summed E-state index contributed by atoms with van der Waals surface area (Å²) in [4.78, 5) is 30.2. The SMILES string of the molecule is C[C@@H]1CN([C@@H](C)CO)C(=O)Cc2cc(NC(=O)Cc3ccccc3)ccc2O[C@@H]1CN(C)Cc1ccc2c(c1)OCO2. The minimum Gasteiger partial charge on any atom is -0.488 e. The topological polar surface area (TPSA) is 101 Å². The number of ether oxygens (including phenoxy) is 3. The molecule has 2 aliphatic rings. The highest BCUT2D eigenvalue weighted by molar-refractivity contribution is 5.92. The van der Waals surface area contributed by atoms with E-state index >= 15 is 0 Å². The molecule has 2 aliphatic heterocycles. The molecule has 0 spiro atoms. The van der Waals surface area contributed by atoms with Crippen molar-refractivity contribution in [1.82, 2.24) is 9.80 Å². The molecule has 2 N–H and O–H groups in total. The van der Waals surface area contributed by atoms with Gasteiger partial charge in [-0.2, -0.15) is 0 Å². The fourth-order valence-corrected chi connectivity index (χ4v) is 5.43. The van der Waals surface area contributed by atoms with Crippen LogP contribution in [0.2, 0.25) is 0 Å². The van der Waals surface area contributed by atoms with Crippen LogP contribution in [0, 0.1) is 5.92 Å². The zero-order valence-electron chi connectivity index (χ0n) is 24.4. The van der Waals surface area contributed by atoms with Crippen molar-refractivity contribution in [2.45, 2.75) is 45.4 Å². The largest absolute Gasteiger partial charge is 0.488 e. The van der Waals surface area contributed by atoms with Gasteiger partial charge in [0.15, 0.2) is 11.5 Å². The number of carbonyl (C=O) groups is 2. The van der Waals surface area contributed by atoms with Crippen LogP contribution >= 0.6 is 0 Å². The van der Waals surface area contributed by atoms with Crippen molar-refractivity contribution >= 4 is 17.5 Å². The fourth-order valence-electron chi connectivity index (χ4n) is 5.43. The monoisotopic (exact) mass is 573 g/mol. The molecule has 0 radical (unpaired) electrons. The zero-order chi connectivity index (χ0) is 29.6. The lowest BCUT2D eigenvalue weighted by Gasteiger charge is -2.34. The Kier molecular flexibility index (Phi) is 9.29. The summed E-state index contributed by atoms with van der Waals surface area (Å²) in [5, 5.41) is 12.9. The molecular weight excluding hydrogens is 534 g/mol. The van der Waals surface area contributed by atoms with E-state index in [1.54, 1.807) is 4.90 Å². The fraction of sp³-hybridized carbons (Fsp3) is 0.394. The number of hydrogen-bond acceptors (Lipinski definition) is 7. The lowest BCUT2D eigenvalue weighted by atomic mass is 10.0. The number of benzene rings is 3. The van der Waals surface area contributed by atoms with Gasteiger partial charge >= 0.3 is 0 Å². The van der Waals surface area contributed by atoms with Crippen molar-refractivity contribution in [3.63, 3.8) is 0 Å². The highest BCUT2D eigenvalue weighted by atomic mass is 16.7. The smallest absolute Gasteiger partial charge is 0.231 e. The molecule has 222 valence electrons. The Morgan fingerprint density at radius 2 is 1.81 bits per heavy atom. The molecular formula is C33H39N3O6. The summed E-state index contributed by atoms with van der Waals surface area (Å²) in [5.41, 5.74) is 3.33. The minimum atomic E-state index is -0.331. The van der Waals surface area contributed by atoms with Crippen LogP contribution in [0.15, 0.2) is 66.7 Å². The van der Waals surface area contributed by atoms with Crippen molar-refractivity contribution in [3.8, 4) is 17.2 Å². The van der Waals surface area contributed by atoms with E-state index in [9.17, 15) is 14.7 Å². The van der Waals surface area contributed by atoms with Crippen LogP contribution in [0.1, 0.15) is 30.5 Å². The summed E-state index contributed by atoms with van der Waals surface area (Å²) in [6.45, 7) is 5.78. The Labute approximate surface area is 247 Å². The lowest BCUT2D eigenvalue weighted by Crippen LogP contribution is -2.47. The molecule has 2 heterocycles. The third-order valence-corrected chi connectivity index (χ3v) is 7.79. The first-order chi connectivity index (χ1) is 20.3. The molecule has 0 bridgehead atoms. The molecule has 3 atom stereocenters. The highest BCUT2D eigenvalue weighted by Crippen LogP contribution is 2.33. The minimum absolute atomic E-state index is 0.0154. The number of aliphatic hydroxyl groups excluding tert-OH is 1. The van der Waals surface area contributed by atoms with E-state index in [0.717, 1.165) is 22.6 Å². The number of nitrogens with zero attached hydrogens (tertiary/aromatic N) is 2. The molecule has 0 saturated heterocycles. The maximum atomic E-state index is 13.5. The molecule has 5 rings (SSSR count). The van der Waals surface area contributed by atoms with Crippen molar-refractivity contribution in [3.05, 3.63) is 83.4 Å². The average molecular weight is 574 g/mol. The van der Waals surface area contributed by atoms with Gasteiger partial charge in [-0.15, -0.1) is 0 Å². The molecule has 0 fully saturated rings. The number of amides is 2. The second-order valence-electron chi connectivity index (χ2n) is 11.3. The third kappa shape index (κ3) is 7.21. The Bertz CT molecular complexity index is 1400. The van der Waals surface area contributed by atoms with Crippen LogP contribution in [0.3, 0.4) is 0 Å².